The number of hydrogen-bond acceptors (Lipinski definition) is 1. The molecule has 2 aromatic carbocycles. The van der Waals surface area contributed by atoms with Gasteiger partial charge >= 0.3 is 0 Å². The minimum Gasteiger partial charge on any atom is -0.363 e. The van der Waals surface area contributed by atoms with Crippen molar-refractivity contribution in [3.05, 3.63) is 95.3 Å². The molecule has 0 saturated carbocycles. The van der Waals surface area contributed by atoms with E-state index in [1.807, 2.05) is 53.6 Å². The van der Waals surface area contributed by atoms with Gasteiger partial charge in [-0.1, -0.05) is 42.5 Å². The van der Waals surface area contributed by atoms with Gasteiger partial charge < -0.3 is 9.88 Å². The van der Waals surface area contributed by atoms with Crippen LogP contribution >= 0.6 is 0 Å². The van der Waals surface area contributed by atoms with E-state index in [0.29, 0.717) is 0 Å². The number of rotatable bonds is 2. The van der Waals surface area contributed by atoms with Crippen molar-refractivity contribution in [1.29, 1.82) is 0 Å². The summed E-state index contributed by atoms with van der Waals surface area (Å²) in [7, 11) is 0. The zero-order valence-electron chi connectivity index (χ0n) is 12.8. The molecule has 0 spiro atoms. The van der Waals surface area contributed by atoms with Gasteiger partial charge in [0, 0.05) is 24.0 Å². The molecule has 4 rings (SSSR count). The summed E-state index contributed by atoms with van der Waals surface area (Å²) < 4.78 is 0. The Kier molecular flexibility index (Phi) is 3.46. The van der Waals surface area contributed by atoms with Crippen molar-refractivity contribution in [3.8, 4) is 0 Å². The lowest BCUT2D eigenvalue weighted by molar-refractivity contribution is 0.0691. The zero-order chi connectivity index (χ0) is 15.6. The number of hydrogen-bond donors (Lipinski definition) is 1. The molecule has 3 heteroatoms. The van der Waals surface area contributed by atoms with Crippen LogP contribution in [0.2, 0.25) is 0 Å². The van der Waals surface area contributed by atoms with E-state index in [1.54, 1.807) is 0 Å². The first-order valence-electron chi connectivity index (χ1n) is 7.92. The highest BCUT2D eigenvalue weighted by atomic mass is 16.2. The Morgan fingerprint density at radius 3 is 2.52 bits per heavy atom. The van der Waals surface area contributed by atoms with Crippen LogP contribution in [0, 0.1) is 0 Å². The van der Waals surface area contributed by atoms with Crippen molar-refractivity contribution >= 4 is 5.91 Å². The zero-order valence-corrected chi connectivity index (χ0v) is 12.8. The van der Waals surface area contributed by atoms with Crippen LogP contribution in [0.1, 0.15) is 33.2 Å². The molecule has 1 N–H and O–H groups in total. The summed E-state index contributed by atoms with van der Waals surface area (Å²) in [6.45, 7) is 0.731. The number of amides is 1. The number of nitrogens with one attached hydrogen (secondary N) is 1. The molecule has 1 aliphatic rings. The maximum Gasteiger partial charge on any atom is 0.254 e. The first kappa shape index (κ1) is 13.8. The van der Waals surface area contributed by atoms with Crippen LogP contribution in [0.3, 0.4) is 0 Å². The predicted octanol–water partition coefficient (Wildman–Crippen LogP) is 3.80. The maximum absolute atomic E-state index is 13.0. The van der Waals surface area contributed by atoms with Gasteiger partial charge in [-0.05, 0) is 41.8 Å². The fraction of sp³-hybridized carbons (Fsp3) is 0.150. The standard InChI is InChI=1S/C20H18N2O/c23-20(16-8-2-1-3-9-16)22-14-12-15-7-4-5-10-17(15)19(22)18-11-6-13-21-18/h1-11,13,19,21H,12,14H2. The van der Waals surface area contributed by atoms with Crippen LogP contribution in [0.4, 0.5) is 0 Å². The third-order valence-electron chi connectivity index (χ3n) is 4.48. The van der Waals surface area contributed by atoms with E-state index in [-0.39, 0.29) is 11.9 Å². The van der Waals surface area contributed by atoms with Crippen LogP contribution in [-0.4, -0.2) is 22.3 Å². The monoisotopic (exact) mass is 302 g/mol. The van der Waals surface area contributed by atoms with Crippen molar-refractivity contribution in [2.45, 2.75) is 12.5 Å². The van der Waals surface area contributed by atoms with Crippen LogP contribution in [-0.2, 0) is 6.42 Å². The van der Waals surface area contributed by atoms with Crippen LogP contribution < -0.4 is 0 Å². The highest BCUT2D eigenvalue weighted by Gasteiger charge is 2.32. The Bertz CT molecular complexity index is 809. The topological polar surface area (TPSA) is 36.1 Å². The molecule has 1 aliphatic heterocycles. The van der Waals surface area contributed by atoms with Crippen molar-refractivity contribution < 1.29 is 4.79 Å². The van der Waals surface area contributed by atoms with Gasteiger partial charge in [-0.3, -0.25) is 4.79 Å². The minimum atomic E-state index is -0.0531. The van der Waals surface area contributed by atoms with E-state index in [4.69, 9.17) is 0 Å². The second kappa shape index (κ2) is 5.76. The molecule has 1 amide bonds. The molecule has 0 aliphatic carbocycles. The molecule has 1 atom stereocenters. The van der Waals surface area contributed by atoms with E-state index in [9.17, 15) is 4.79 Å². The maximum atomic E-state index is 13.0. The first-order chi connectivity index (χ1) is 11.3. The van der Waals surface area contributed by atoms with Crippen molar-refractivity contribution in [3.63, 3.8) is 0 Å². The molecule has 23 heavy (non-hydrogen) atoms. The average Bonchev–Trinajstić information content (AvgIpc) is 3.15. The third-order valence-corrected chi connectivity index (χ3v) is 4.48. The molecule has 0 fully saturated rings. The summed E-state index contributed by atoms with van der Waals surface area (Å²) in [5.41, 5.74) is 4.33. The molecule has 2 heterocycles. The van der Waals surface area contributed by atoms with Gasteiger partial charge in [0.2, 0.25) is 0 Å². The van der Waals surface area contributed by atoms with Crippen molar-refractivity contribution in [2.75, 3.05) is 6.54 Å². The van der Waals surface area contributed by atoms with Crippen molar-refractivity contribution in [1.82, 2.24) is 9.88 Å². The largest absolute Gasteiger partial charge is 0.363 e. The van der Waals surface area contributed by atoms with E-state index < -0.39 is 0 Å². The van der Waals surface area contributed by atoms with E-state index in [2.05, 4.69) is 29.2 Å². The molecule has 1 aromatic heterocycles. The predicted molar refractivity (Wildman–Crippen MR) is 90.3 cm³/mol. The highest BCUT2D eigenvalue weighted by molar-refractivity contribution is 5.94. The quantitative estimate of drug-likeness (QED) is 0.768. The number of fused-ring (bicyclic) bond motifs is 1. The Morgan fingerprint density at radius 1 is 0.957 bits per heavy atom. The number of benzene rings is 2. The van der Waals surface area contributed by atoms with Gasteiger partial charge in [-0.15, -0.1) is 0 Å². The summed E-state index contributed by atoms with van der Waals surface area (Å²) in [5, 5.41) is 0. The number of H-pyrrole nitrogens is 1. The lowest BCUT2D eigenvalue weighted by Gasteiger charge is -2.37. The minimum absolute atomic E-state index is 0.0531. The molecule has 3 aromatic rings. The lowest BCUT2D eigenvalue weighted by Crippen LogP contribution is -2.40. The number of carbonyl (C=O) groups excluding carboxylic acids is 1. The van der Waals surface area contributed by atoms with Gasteiger partial charge in [-0.25, -0.2) is 0 Å². The molecule has 0 radical (unpaired) electrons. The van der Waals surface area contributed by atoms with Gasteiger partial charge in [0.15, 0.2) is 0 Å². The number of nitrogens with zero attached hydrogens (tertiary/aromatic N) is 1. The second-order valence-corrected chi connectivity index (χ2v) is 5.84. The molecule has 114 valence electrons. The fourth-order valence-electron chi connectivity index (χ4n) is 3.38. The third kappa shape index (κ3) is 2.44. The smallest absolute Gasteiger partial charge is 0.254 e. The molecule has 0 saturated heterocycles. The van der Waals surface area contributed by atoms with Crippen molar-refractivity contribution in [2.24, 2.45) is 0 Å². The second-order valence-electron chi connectivity index (χ2n) is 5.84. The Hall–Kier alpha value is -2.81. The van der Waals surface area contributed by atoms with E-state index in [1.165, 1.54) is 11.1 Å². The SMILES string of the molecule is O=C(c1ccccc1)N1CCc2ccccc2C1c1ccc[nH]1. The van der Waals surface area contributed by atoms with Crippen LogP contribution in [0.25, 0.3) is 0 Å². The normalized spacial score (nSPS) is 16.9. The fourth-order valence-corrected chi connectivity index (χ4v) is 3.38. The van der Waals surface area contributed by atoms with Gasteiger partial charge in [0.1, 0.15) is 0 Å². The average molecular weight is 302 g/mol. The summed E-state index contributed by atoms with van der Waals surface area (Å²) in [5.74, 6) is 0.0831. The summed E-state index contributed by atoms with van der Waals surface area (Å²) >= 11 is 0. The Morgan fingerprint density at radius 2 is 1.74 bits per heavy atom. The molecular formula is C20H18N2O. The summed E-state index contributed by atoms with van der Waals surface area (Å²) in [6, 6.07) is 21.9. The van der Waals surface area contributed by atoms with Gasteiger partial charge in [-0.2, -0.15) is 0 Å². The summed E-state index contributed by atoms with van der Waals surface area (Å²) in [6.07, 6.45) is 2.81. The van der Waals surface area contributed by atoms with Crippen LogP contribution in [0.5, 0.6) is 0 Å². The number of aromatic amines is 1. The van der Waals surface area contributed by atoms with Gasteiger partial charge in [0.25, 0.3) is 5.91 Å². The molecule has 0 bridgehead atoms. The highest BCUT2D eigenvalue weighted by Crippen LogP contribution is 2.35. The summed E-state index contributed by atoms with van der Waals surface area (Å²) in [4.78, 5) is 18.3. The molecule has 3 nitrogen and oxygen atoms in total. The van der Waals surface area contributed by atoms with E-state index >= 15 is 0 Å². The molecule has 1 unspecified atom stereocenters. The number of aromatic nitrogens is 1. The van der Waals surface area contributed by atoms with E-state index in [0.717, 1.165) is 24.2 Å². The number of carbonyl (C=O) groups is 1. The lowest BCUT2D eigenvalue weighted by atomic mass is 9.90. The Labute approximate surface area is 135 Å². The van der Waals surface area contributed by atoms with Crippen LogP contribution in [0.15, 0.2) is 72.9 Å². The molecular weight excluding hydrogens is 284 g/mol. The first-order valence-corrected chi connectivity index (χ1v) is 7.92. The Balaban J connectivity index is 1.79. The van der Waals surface area contributed by atoms with Gasteiger partial charge in [0.05, 0.1) is 6.04 Å².